The fourth-order valence-electron chi connectivity index (χ4n) is 1.60. The summed E-state index contributed by atoms with van der Waals surface area (Å²) in [5, 5.41) is 11.5. The van der Waals surface area contributed by atoms with Crippen LogP contribution in [-0.4, -0.2) is 22.9 Å². The van der Waals surface area contributed by atoms with Crippen molar-refractivity contribution in [3.05, 3.63) is 34.2 Å². The third-order valence-corrected chi connectivity index (χ3v) is 3.87. The van der Waals surface area contributed by atoms with Gasteiger partial charge in [0.15, 0.2) is 11.0 Å². The van der Waals surface area contributed by atoms with Crippen LogP contribution >= 0.6 is 23.2 Å². The van der Waals surface area contributed by atoms with Gasteiger partial charge in [0.05, 0.1) is 5.69 Å². The third kappa shape index (κ3) is 3.37. The van der Waals surface area contributed by atoms with Crippen molar-refractivity contribution in [3.8, 4) is 6.07 Å². The molecule has 1 aromatic heterocycles. The maximum absolute atomic E-state index is 11.1. The molecule has 2 rings (SSSR count). The minimum Gasteiger partial charge on any atom is -0.398 e. The van der Waals surface area contributed by atoms with Crippen LogP contribution in [0, 0.1) is 11.3 Å². The van der Waals surface area contributed by atoms with Crippen LogP contribution in [0.2, 0.25) is 10.4 Å². The Morgan fingerprint density at radius 2 is 2.00 bits per heavy atom. The average molecular weight is 360 g/mol. The number of nitrogens with zero attached hydrogens (tertiary/aromatic N) is 3. The summed E-state index contributed by atoms with van der Waals surface area (Å²) in [6.45, 7) is 0. The van der Waals surface area contributed by atoms with Gasteiger partial charge in [0, 0.05) is 5.69 Å². The zero-order chi connectivity index (χ0) is 16.5. The molecule has 0 amide bonds. The molecule has 0 aliphatic heterocycles. The summed E-state index contributed by atoms with van der Waals surface area (Å²) in [6, 6.07) is 5.49. The molecule has 1 heterocycles. The van der Waals surface area contributed by atoms with Crippen molar-refractivity contribution < 1.29 is 13.0 Å². The highest BCUT2D eigenvalue weighted by Crippen LogP contribution is 2.28. The van der Waals surface area contributed by atoms with Gasteiger partial charge < -0.3 is 11.1 Å². The van der Waals surface area contributed by atoms with E-state index in [0.29, 0.717) is 5.69 Å². The second kappa shape index (κ2) is 5.94. The summed E-state index contributed by atoms with van der Waals surface area (Å²) in [5.74, 6) is 0.0338. The minimum atomic E-state index is -4.42. The predicted molar refractivity (Wildman–Crippen MR) is 80.7 cm³/mol. The molecule has 1 aromatic carbocycles. The zero-order valence-corrected chi connectivity index (χ0v) is 12.9. The lowest BCUT2D eigenvalue weighted by atomic mass is 10.2. The molecule has 2 aromatic rings. The molecule has 0 radical (unpaired) electrons. The lowest BCUT2D eigenvalue weighted by molar-refractivity contribution is 0.483. The summed E-state index contributed by atoms with van der Waals surface area (Å²) in [5.41, 5.74) is 5.65. The van der Waals surface area contributed by atoms with E-state index >= 15 is 0 Å². The van der Waals surface area contributed by atoms with E-state index in [0.717, 1.165) is 6.07 Å². The summed E-state index contributed by atoms with van der Waals surface area (Å²) in [4.78, 5) is 7.03. The van der Waals surface area contributed by atoms with Crippen molar-refractivity contribution in [2.75, 3.05) is 11.1 Å². The van der Waals surface area contributed by atoms with E-state index < -0.39 is 15.0 Å². The van der Waals surface area contributed by atoms with Crippen molar-refractivity contribution in [2.24, 2.45) is 0 Å². The number of benzene rings is 1. The highest BCUT2D eigenvalue weighted by atomic mass is 35.5. The van der Waals surface area contributed by atoms with Gasteiger partial charge in [0.25, 0.3) is 10.1 Å². The van der Waals surface area contributed by atoms with Gasteiger partial charge in [-0.25, -0.2) is 4.98 Å². The lowest BCUT2D eigenvalue weighted by Gasteiger charge is -2.10. The Kier molecular flexibility index (Phi) is 4.39. The Balaban J connectivity index is 2.45. The Morgan fingerprint density at radius 1 is 1.32 bits per heavy atom. The second-order valence-corrected chi connectivity index (χ2v) is 6.06. The molecule has 0 saturated carbocycles. The molecule has 0 saturated heterocycles. The molecule has 0 atom stereocenters. The molecule has 0 spiro atoms. The van der Waals surface area contributed by atoms with Crippen molar-refractivity contribution >= 4 is 50.5 Å². The van der Waals surface area contributed by atoms with E-state index in [1.807, 2.05) is 6.07 Å². The van der Waals surface area contributed by atoms with E-state index in [-0.39, 0.29) is 27.5 Å². The van der Waals surface area contributed by atoms with Crippen LogP contribution in [0.5, 0.6) is 0 Å². The van der Waals surface area contributed by atoms with Crippen LogP contribution in [0.25, 0.3) is 0 Å². The fraction of sp³-hybridized carbons (Fsp3) is 0. The fourth-order valence-corrected chi connectivity index (χ4v) is 2.62. The number of nitrogens with two attached hydrogens (primary N) is 1. The highest BCUT2D eigenvalue weighted by Gasteiger charge is 2.16. The van der Waals surface area contributed by atoms with E-state index in [9.17, 15) is 8.42 Å². The van der Waals surface area contributed by atoms with Crippen molar-refractivity contribution in [3.63, 3.8) is 0 Å². The van der Waals surface area contributed by atoms with Crippen LogP contribution in [0.1, 0.15) is 5.56 Å². The van der Waals surface area contributed by atoms with Gasteiger partial charge in [-0.05, 0) is 29.8 Å². The van der Waals surface area contributed by atoms with Crippen LogP contribution in [0.4, 0.5) is 17.2 Å². The summed E-state index contributed by atoms with van der Waals surface area (Å²) < 4.78 is 31.1. The van der Waals surface area contributed by atoms with E-state index in [1.54, 1.807) is 0 Å². The average Bonchev–Trinajstić information content (AvgIpc) is 2.36. The quantitative estimate of drug-likeness (QED) is 0.327. The number of aromatic nitrogens is 2. The smallest absolute Gasteiger partial charge is 0.296 e. The summed E-state index contributed by atoms with van der Waals surface area (Å²) >= 11 is 11.5. The molecule has 0 aliphatic rings. The van der Waals surface area contributed by atoms with Crippen molar-refractivity contribution in [1.29, 1.82) is 5.26 Å². The van der Waals surface area contributed by atoms with Gasteiger partial charge in [-0.15, -0.1) is 0 Å². The molecule has 22 heavy (non-hydrogen) atoms. The summed E-state index contributed by atoms with van der Waals surface area (Å²) in [6.07, 6.45) is 0. The number of hydrogen-bond donors (Lipinski definition) is 3. The Labute approximate surface area is 135 Å². The molecular formula is C11H7Cl2N5O3S. The maximum atomic E-state index is 11.1. The molecule has 8 nitrogen and oxygen atoms in total. The second-order valence-electron chi connectivity index (χ2n) is 3.97. The standard InChI is InChI=1S/C11H7Cl2N5O3S/c12-9-6(4-14)10(18-11(13)17-9)16-5-1-2-8(7(15)3-5)22(19,20)21/h1-3H,15H2,(H,16,17,18)(H,19,20,21). The molecule has 0 bridgehead atoms. The molecule has 4 N–H and O–H groups in total. The van der Waals surface area contributed by atoms with Crippen molar-refractivity contribution in [2.45, 2.75) is 4.90 Å². The first kappa shape index (κ1) is 16.3. The molecule has 0 aliphatic carbocycles. The molecule has 0 fully saturated rings. The van der Waals surface area contributed by atoms with E-state index in [4.69, 9.17) is 38.8 Å². The van der Waals surface area contributed by atoms with Gasteiger partial charge in [0.2, 0.25) is 5.28 Å². The Bertz CT molecular complexity index is 895. The monoisotopic (exact) mass is 359 g/mol. The van der Waals surface area contributed by atoms with Gasteiger partial charge in [-0.1, -0.05) is 11.6 Å². The molecular weight excluding hydrogens is 353 g/mol. The van der Waals surface area contributed by atoms with Crippen LogP contribution in [0.3, 0.4) is 0 Å². The van der Waals surface area contributed by atoms with E-state index in [1.165, 1.54) is 12.1 Å². The number of nitrogen functional groups attached to an aromatic ring is 1. The van der Waals surface area contributed by atoms with Crippen LogP contribution in [-0.2, 0) is 10.1 Å². The van der Waals surface area contributed by atoms with Gasteiger partial charge in [0.1, 0.15) is 16.5 Å². The largest absolute Gasteiger partial charge is 0.398 e. The number of halogens is 2. The molecule has 11 heteroatoms. The van der Waals surface area contributed by atoms with Gasteiger partial charge >= 0.3 is 0 Å². The number of anilines is 3. The summed E-state index contributed by atoms with van der Waals surface area (Å²) in [7, 11) is -4.42. The normalized spacial score (nSPS) is 11.0. The number of nitriles is 1. The predicted octanol–water partition coefficient (Wildman–Crippen LogP) is 2.23. The number of nitrogens with one attached hydrogen (secondary N) is 1. The third-order valence-electron chi connectivity index (χ3n) is 2.50. The van der Waals surface area contributed by atoms with E-state index in [2.05, 4.69) is 15.3 Å². The van der Waals surface area contributed by atoms with Crippen molar-refractivity contribution in [1.82, 2.24) is 9.97 Å². The van der Waals surface area contributed by atoms with Crippen LogP contribution < -0.4 is 11.1 Å². The Hall–Kier alpha value is -2.12. The van der Waals surface area contributed by atoms with Gasteiger partial charge in [-0.3, -0.25) is 4.55 Å². The highest BCUT2D eigenvalue weighted by molar-refractivity contribution is 7.86. The molecule has 0 unspecified atom stereocenters. The first-order chi connectivity index (χ1) is 10.2. The molecule has 114 valence electrons. The van der Waals surface area contributed by atoms with Gasteiger partial charge in [-0.2, -0.15) is 18.7 Å². The first-order valence-electron chi connectivity index (χ1n) is 5.49. The van der Waals surface area contributed by atoms with Crippen LogP contribution in [0.15, 0.2) is 23.1 Å². The zero-order valence-electron chi connectivity index (χ0n) is 10.6. The minimum absolute atomic E-state index is 0.0338. The number of rotatable bonds is 3. The number of hydrogen-bond acceptors (Lipinski definition) is 7. The Morgan fingerprint density at radius 3 is 2.55 bits per heavy atom. The SMILES string of the molecule is N#Cc1c(Cl)nc(Cl)nc1Nc1ccc(S(=O)(=O)O)c(N)c1. The maximum Gasteiger partial charge on any atom is 0.296 e. The first-order valence-corrected chi connectivity index (χ1v) is 7.69. The topological polar surface area (TPSA) is 142 Å². The lowest BCUT2D eigenvalue weighted by Crippen LogP contribution is -2.05.